The molecule has 1 saturated carbocycles. The minimum atomic E-state index is -3.66. The molecule has 1 aromatic carbocycles. The highest BCUT2D eigenvalue weighted by atomic mass is 32.2. The molecule has 1 fully saturated rings. The molecule has 0 atom stereocenters. The highest BCUT2D eigenvalue weighted by Crippen LogP contribution is 2.18. The van der Waals surface area contributed by atoms with Gasteiger partial charge in [0.2, 0.25) is 10.0 Å². The maximum atomic E-state index is 12.1. The van der Waals surface area contributed by atoms with Gasteiger partial charge in [-0.2, -0.15) is 0 Å². The van der Waals surface area contributed by atoms with E-state index in [0.29, 0.717) is 24.6 Å². The topological polar surface area (TPSA) is 95.5 Å². The Morgan fingerprint density at radius 3 is 2.67 bits per heavy atom. The van der Waals surface area contributed by atoms with Crippen LogP contribution in [0, 0.1) is 6.92 Å². The number of carboxylic acid groups (broad SMARTS) is 1. The maximum Gasteiger partial charge on any atom is 0.335 e. The molecule has 116 valence electrons. The Kier molecular flexibility index (Phi) is 4.97. The first-order chi connectivity index (χ1) is 9.90. The Hall–Kier alpha value is -1.44. The van der Waals surface area contributed by atoms with Gasteiger partial charge in [-0.1, -0.05) is 6.07 Å². The van der Waals surface area contributed by atoms with Crippen molar-refractivity contribution >= 4 is 16.0 Å². The van der Waals surface area contributed by atoms with Crippen LogP contribution in [0.2, 0.25) is 0 Å². The van der Waals surface area contributed by atoms with Gasteiger partial charge in [0.25, 0.3) is 0 Å². The van der Waals surface area contributed by atoms with Crippen LogP contribution in [0.1, 0.15) is 35.2 Å². The molecule has 0 heterocycles. The first kappa shape index (κ1) is 15.9. The first-order valence-corrected chi connectivity index (χ1v) is 8.45. The fourth-order valence-electron chi connectivity index (χ4n) is 1.97. The molecule has 3 N–H and O–H groups in total. The molecule has 0 spiro atoms. The van der Waals surface area contributed by atoms with Crippen molar-refractivity contribution in [1.29, 1.82) is 0 Å². The van der Waals surface area contributed by atoms with Crippen LogP contribution in [-0.2, 0) is 10.0 Å². The summed E-state index contributed by atoms with van der Waals surface area (Å²) < 4.78 is 26.7. The maximum absolute atomic E-state index is 12.1. The van der Waals surface area contributed by atoms with E-state index in [2.05, 4.69) is 10.0 Å². The molecular formula is C14H20N2O4S. The second-order valence-corrected chi connectivity index (χ2v) is 7.03. The van der Waals surface area contributed by atoms with Crippen molar-refractivity contribution in [2.75, 3.05) is 13.1 Å². The number of nitrogens with one attached hydrogen (secondary N) is 2. The van der Waals surface area contributed by atoms with Crippen LogP contribution in [0.5, 0.6) is 0 Å². The zero-order chi connectivity index (χ0) is 15.5. The van der Waals surface area contributed by atoms with Crippen LogP contribution in [0.4, 0.5) is 0 Å². The fraction of sp³-hybridized carbons (Fsp3) is 0.500. The smallest absolute Gasteiger partial charge is 0.335 e. The SMILES string of the molecule is Cc1ccc(S(=O)(=O)NCCCNC2CC2)cc1C(=O)O. The number of aryl methyl sites for hydroxylation is 1. The summed E-state index contributed by atoms with van der Waals surface area (Å²) in [5.74, 6) is -1.13. The van der Waals surface area contributed by atoms with Gasteiger partial charge >= 0.3 is 5.97 Å². The minimum absolute atomic E-state index is 0.00766. The van der Waals surface area contributed by atoms with E-state index >= 15 is 0 Å². The summed E-state index contributed by atoms with van der Waals surface area (Å²) in [5, 5.41) is 12.3. The Bertz CT molecular complexity index is 624. The van der Waals surface area contributed by atoms with Gasteiger partial charge in [-0.25, -0.2) is 17.9 Å². The number of hydrogen-bond donors (Lipinski definition) is 3. The van der Waals surface area contributed by atoms with E-state index in [-0.39, 0.29) is 10.5 Å². The monoisotopic (exact) mass is 312 g/mol. The first-order valence-electron chi connectivity index (χ1n) is 6.97. The number of benzene rings is 1. The summed E-state index contributed by atoms with van der Waals surface area (Å²) >= 11 is 0. The zero-order valence-electron chi connectivity index (χ0n) is 11.9. The van der Waals surface area contributed by atoms with Crippen molar-refractivity contribution in [2.45, 2.75) is 37.1 Å². The Labute approximate surface area is 124 Å². The minimum Gasteiger partial charge on any atom is -0.478 e. The molecule has 7 heteroatoms. The number of aromatic carboxylic acids is 1. The van der Waals surface area contributed by atoms with Crippen molar-refractivity contribution in [1.82, 2.24) is 10.0 Å². The lowest BCUT2D eigenvalue weighted by atomic mass is 10.1. The predicted molar refractivity (Wildman–Crippen MR) is 79.0 cm³/mol. The Balaban J connectivity index is 1.94. The molecule has 6 nitrogen and oxygen atoms in total. The summed E-state index contributed by atoms with van der Waals surface area (Å²) in [6, 6.07) is 4.73. The average molecular weight is 312 g/mol. The summed E-state index contributed by atoms with van der Waals surface area (Å²) in [6.07, 6.45) is 3.10. The lowest BCUT2D eigenvalue weighted by molar-refractivity contribution is 0.0696. The molecule has 1 aromatic rings. The highest BCUT2D eigenvalue weighted by Gasteiger charge is 2.20. The van der Waals surface area contributed by atoms with E-state index in [0.717, 1.165) is 6.54 Å². The van der Waals surface area contributed by atoms with Gasteiger partial charge < -0.3 is 10.4 Å². The number of hydrogen-bond acceptors (Lipinski definition) is 4. The lowest BCUT2D eigenvalue weighted by Gasteiger charge is -2.09. The third-order valence-corrected chi connectivity index (χ3v) is 4.86. The number of rotatable bonds is 8. The molecule has 0 aliphatic heterocycles. The highest BCUT2D eigenvalue weighted by molar-refractivity contribution is 7.89. The van der Waals surface area contributed by atoms with E-state index in [4.69, 9.17) is 5.11 Å². The Morgan fingerprint density at radius 2 is 2.05 bits per heavy atom. The quantitative estimate of drug-likeness (QED) is 0.625. The van der Waals surface area contributed by atoms with Crippen LogP contribution in [-0.4, -0.2) is 38.6 Å². The van der Waals surface area contributed by atoms with Crippen molar-refractivity contribution in [2.24, 2.45) is 0 Å². The standard InChI is InChI=1S/C14H20N2O4S/c1-10-3-6-12(9-13(10)14(17)18)21(19,20)16-8-2-7-15-11-4-5-11/h3,6,9,11,15-16H,2,4-5,7-8H2,1H3,(H,17,18). The number of sulfonamides is 1. The lowest BCUT2D eigenvalue weighted by Crippen LogP contribution is -2.28. The van der Waals surface area contributed by atoms with E-state index in [1.54, 1.807) is 6.92 Å². The van der Waals surface area contributed by atoms with E-state index in [9.17, 15) is 13.2 Å². The molecule has 0 aromatic heterocycles. The molecule has 1 aliphatic carbocycles. The third-order valence-electron chi connectivity index (χ3n) is 3.41. The van der Waals surface area contributed by atoms with Crippen LogP contribution >= 0.6 is 0 Å². The van der Waals surface area contributed by atoms with Gasteiger partial charge in [-0.05, 0) is 50.4 Å². The van der Waals surface area contributed by atoms with Crippen LogP contribution < -0.4 is 10.0 Å². The average Bonchev–Trinajstić information content (AvgIpc) is 3.22. The molecule has 21 heavy (non-hydrogen) atoms. The summed E-state index contributed by atoms with van der Waals surface area (Å²) in [6.45, 7) is 2.75. The zero-order valence-corrected chi connectivity index (χ0v) is 12.7. The van der Waals surface area contributed by atoms with Gasteiger partial charge in [0, 0.05) is 12.6 Å². The van der Waals surface area contributed by atoms with Gasteiger partial charge in [-0.15, -0.1) is 0 Å². The van der Waals surface area contributed by atoms with Gasteiger partial charge in [0.15, 0.2) is 0 Å². The van der Waals surface area contributed by atoms with Crippen molar-refractivity contribution in [3.05, 3.63) is 29.3 Å². The van der Waals surface area contributed by atoms with Crippen molar-refractivity contribution in [3.63, 3.8) is 0 Å². The van der Waals surface area contributed by atoms with Crippen LogP contribution in [0.25, 0.3) is 0 Å². The normalized spacial score (nSPS) is 15.1. The number of carbonyl (C=O) groups is 1. The number of carboxylic acids is 1. The molecule has 1 aliphatic rings. The second-order valence-electron chi connectivity index (χ2n) is 5.26. The molecular weight excluding hydrogens is 292 g/mol. The van der Waals surface area contributed by atoms with Gasteiger partial charge in [-0.3, -0.25) is 0 Å². The molecule has 0 saturated heterocycles. The Morgan fingerprint density at radius 1 is 1.33 bits per heavy atom. The summed E-state index contributed by atoms with van der Waals surface area (Å²) in [7, 11) is -3.66. The van der Waals surface area contributed by atoms with Crippen molar-refractivity contribution in [3.8, 4) is 0 Å². The van der Waals surface area contributed by atoms with Gasteiger partial charge in [0.1, 0.15) is 0 Å². The summed E-state index contributed by atoms with van der Waals surface area (Å²) in [4.78, 5) is 11.0. The van der Waals surface area contributed by atoms with Crippen LogP contribution in [0.15, 0.2) is 23.1 Å². The van der Waals surface area contributed by atoms with Gasteiger partial charge in [0.05, 0.1) is 10.5 Å². The van der Waals surface area contributed by atoms with Crippen LogP contribution in [0.3, 0.4) is 0 Å². The molecule has 0 radical (unpaired) electrons. The van der Waals surface area contributed by atoms with E-state index in [1.165, 1.54) is 31.0 Å². The second kappa shape index (κ2) is 6.55. The molecule has 0 amide bonds. The largest absolute Gasteiger partial charge is 0.478 e. The van der Waals surface area contributed by atoms with E-state index in [1.807, 2.05) is 0 Å². The van der Waals surface area contributed by atoms with Crippen molar-refractivity contribution < 1.29 is 18.3 Å². The molecule has 2 rings (SSSR count). The van der Waals surface area contributed by atoms with E-state index < -0.39 is 16.0 Å². The predicted octanol–water partition coefficient (Wildman–Crippen LogP) is 1.11. The molecule has 0 bridgehead atoms. The molecule has 0 unspecified atom stereocenters. The third kappa shape index (κ3) is 4.52. The summed E-state index contributed by atoms with van der Waals surface area (Å²) in [5.41, 5.74) is 0.545. The fourth-order valence-corrected chi connectivity index (χ4v) is 3.07.